The molecule has 0 unspecified atom stereocenters. The molecule has 3 nitrogen and oxygen atoms in total. The molecule has 1 heterocycles. The van der Waals surface area contributed by atoms with Crippen LogP contribution in [0.4, 0.5) is 0 Å². The van der Waals surface area contributed by atoms with Crippen molar-refractivity contribution in [3.05, 3.63) is 47.3 Å². The van der Waals surface area contributed by atoms with Crippen LogP contribution in [0.5, 0.6) is 0 Å². The van der Waals surface area contributed by atoms with Gasteiger partial charge in [0.15, 0.2) is 0 Å². The smallest absolute Gasteiger partial charge is 0.215 e. The summed E-state index contributed by atoms with van der Waals surface area (Å²) in [6.45, 7) is 0.689. The number of hydrogen-bond acceptors (Lipinski definition) is 4. The van der Waals surface area contributed by atoms with Crippen LogP contribution < -0.4 is 5.32 Å². The lowest BCUT2D eigenvalue weighted by Gasteiger charge is -2.00. The SMILES string of the molecule is CNCc1ccc(S(=O)(=O)c2ccccc2)s1.Cl. The molecule has 98 valence electrons. The number of halogens is 1. The van der Waals surface area contributed by atoms with Crippen molar-refractivity contribution in [2.45, 2.75) is 15.6 Å². The quantitative estimate of drug-likeness (QED) is 0.944. The second-order valence-electron chi connectivity index (χ2n) is 3.57. The van der Waals surface area contributed by atoms with Gasteiger partial charge in [-0.25, -0.2) is 8.42 Å². The van der Waals surface area contributed by atoms with Crippen LogP contribution in [-0.2, 0) is 16.4 Å². The predicted molar refractivity (Wildman–Crippen MR) is 76.2 cm³/mol. The molecular weight excluding hydrogens is 290 g/mol. The normalized spacial score (nSPS) is 10.9. The van der Waals surface area contributed by atoms with E-state index in [1.54, 1.807) is 36.4 Å². The number of benzene rings is 1. The van der Waals surface area contributed by atoms with Crippen molar-refractivity contribution in [1.82, 2.24) is 5.32 Å². The zero-order valence-corrected chi connectivity index (χ0v) is 12.2. The fourth-order valence-electron chi connectivity index (χ4n) is 1.49. The third-order valence-electron chi connectivity index (χ3n) is 2.31. The highest BCUT2D eigenvalue weighted by molar-refractivity contribution is 7.93. The number of rotatable bonds is 4. The summed E-state index contributed by atoms with van der Waals surface area (Å²) in [6.07, 6.45) is 0. The summed E-state index contributed by atoms with van der Waals surface area (Å²) in [7, 11) is -1.51. The van der Waals surface area contributed by atoms with Crippen molar-refractivity contribution in [1.29, 1.82) is 0 Å². The van der Waals surface area contributed by atoms with Crippen LogP contribution in [0.3, 0.4) is 0 Å². The van der Waals surface area contributed by atoms with Gasteiger partial charge in [-0.05, 0) is 31.3 Å². The lowest BCUT2D eigenvalue weighted by molar-refractivity contribution is 0.598. The van der Waals surface area contributed by atoms with Crippen LogP contribution >= 0.6 is 23.7 Å². The number of nitrogens with one attached hydrogen (secondary N) is 1. The first kappa shape index (κ1) is 15.2. The van der Waals surface area contributed by atoms with E-state index in [1.807, 2.05) is 13.1 Å². The minimum Gasteiger partial charge on any atom is -0.315 e. The van der Waals surface area contributed by atoms with Crippen molar-refractivity contribution in [2.75, 3.05) is 7.05 Å². The van der Waals surface area contributed by atoms with E-state index < -0.39 is 9.84 Å². The molecule has 0 fully saturated rings. The van der Waals surface area contributed by atoms with Gasteiger partial charge in [0.05, 0.1) is 4.90 Å². The summed E-state index contributed by atoms with van der Waals surface area (Å²) in [5, 5.41) is 3.00. The summed E-state index contributed by atoms with van der Waals surface area (Å²) in [5.74, 6) is 0. The Morgan fingerprint density at radius 2 is 1.78 bits per heavy atom. The predicted octanol–water partition coefficient (Wildman–Crippen LogP) is 2.72. The van der Waals surface area contributed by atoms with E-state index in [0.717, 1.165) is 4.88 Å². The molecule has 6 heteroatoms. The molecule has 0 aliphatic carbocycles. The van der Waals surface area contributed by atoms with E-state index in [1.165, 1.54) is 11.3 Å². The highest BCUT2D eigenvalue weighted by Gasteiger charge is 2.19. The first-order valence-electron chi connectivity index (χ1n) is 5.18. The van der Waals surface area contributed by atoms with Crippen LogP contribution in [-0.4, -0.2) is 15.5 Å². The molecular formula is C12H14ClNO2S2. The highest BCUT2D eigenvalue weighted by atomic mass is 35.5. The van der Waals surface area contributed by atoms with Crippen LogP contribution in [0.15, 0.2) is 51.6 Å². The van der Waals surface area contributed by atoms with E-state index in [9.17, 15) is 8.42 Å². The van der Waals surface area contributed by atoms with Crippen LogP contribution in [0.1, 0.15) is 4.88 Å². The van der Waals surface area contributed by atoms with Gasteiger partial charge in [-0.15, -0.1) is 23.7 Å². The molecule has 1 aromatic carbocycles. The minimum atomic E-state index is -3.35. The second kappa shape index (κ2) is 6.33. The first-order chi connectivity index (χ1) is 8.14. The number of sulfone groups is 1. The molecule has 2 rings (SSSR count). The second-order valence-corrected chi connectivity index (χ2v) is 6.91. The summed E-state index contributed by atoms with van der Waals surface area (Å²) in [4.78, 5) is 1.36. The Balaban J connectivity index is 0.00000162. The third kappa shape index (κ3) is 3.11. The van der Waals surface area contributed by atoms with Gasteiger partial charge in [-0.2, -0.15) is 0 Å². The molecule has 0 spiro atoms. The topological polar surface area (TPSA) is 46.2 Å². The number of thiophene rings is 1. The van der Waals surface area contributed by atoms with Crippen LogP contribution in [0, 0.1) is 0 Å². The van der Waals surface area contributed by atoms with E-state index in [-0.39, 0.29) is 12.4 Å². The molecule has 18 heavy (non-hydrogen) atoms. The van der Waals surface area contributed by atoms with E-state index >= 15 is 0 Å². The molecule has 0 amide bonds. The molecule has 2 aromatic rings. The van der Waals surface area contributed by atoms with Crippen LogP contribution in [0.25, 0.3) is 0 Å². The lowest BCUT2D eigenvalue weighted by Crippen LogP contribution is -2.02. The van der Waals surface area contributed by atoms with Crippen molar-refractivity contribution in [2.24, 2.45) is 0 Å². The summed E-state index contributed by atoms with van der Waals surface area (Å²) in [6, 6.07) is 12.0. The van der Waals surface area contributed by atoms with Gasteiger partial charge in [0.25, 0.3) is 0 Å². The Bertz CT molecular complexity index is 594. The Morgan fingerprint density at radius 3 is 2.39 bits per heavy atom. The summed E-state index contributed by atoms with van der Waals surface area (Å²) in [5.41, 5.74) is 0. The fourth-order valence-corrected chi connectivity index (χ4v) is 4.28. The molecule has 0 saturated carbocycles. The average molecular weight is 304 g/mol. The monoisotopic (exact) mass is 303 g/mol. The minimum absolute atomic E-state index is 0. The zero-order valence-electron chi connectivity index (χ0n) is 9.79. The maximum Gasteiger partial charge on any atom is 0.215 e. The number of hydrogen-bond donors (Lipinski definition) is 1. The molecule has 1 aromatic heterocycles. The molecule has 0 atom stereocenters. The maximum absolute atomic E-state index is 12.2. The Hall–Kier alpha value is -0.880. The van der Waals surface area contributed by atoms with Crippen molar-refractivity contribution in [3.63, 3.8) is 0 Å². The maximum atomic E-state index is 12.2. The molecule has 0 aliphatic heterocycles. The standard InChI is InChI=1S/C12H13NO2S2.ClH/c1-13-9-10-7-8-12(16-10)17(14,15)11-5-3-2-4-6-11;/h2-8,13H,9H2,1H3;1H. The summed E-state index contributed by atoms with van der Waals surface area (Å²) < 4.78 is 24.9. The van der Waals surface area contributed by atoms with Gasteiger partial charge >= 0.3 is 0 Å². The van der Waals surface area contributed by atoms with Crippen molar-refractivity contribution in [3.8, 4) is 0 Å². The molecule has 0 bridgehead atoms. The van der Waals surface area contributed by atoms with Gasteiger partial charge in [0.2, 0.25) is 9.84 Å². The Morgan fingerprint density at radius 1 is 1.11 bits per heavy atom. The van der Waals surface area contributed by atoms with E-state index in [0.29, 0.717) is 15.6 Å². The lowest BCUT2D eigenvalue weighted by atomic mass is 10.4. The van der Waals surface area contributed by atoms with Crippen molar-refractivity contribution < 1.29 is 8.42 Å². The fraction of sp³-hybridized carbons (Fsp3) is 0.167. The largest absolute Gasteiger partial charge is 0.315 e. The zero-order chi connectivity index (χ0) is 12.3. The van der Waals surface area contributed by atoms with Gasteiger partial charge in [0.1, 0.15) is 4.21 Å². The van der Waals surface area contributed by atoms with Gasteiger partial charge in [-0.1, -0.05) is 18.2 Å². The van der Waals surface area contributed by atoms with Gasteiger partial charge < -0.3 is 5.32 Å². The van der Waals surface area contributed by atoms with Gasteiger partial charge in [0, 0.05) is 11.4 Å². The average Bonchev–Trinajstić information content (AvgIpc) is 2.80. The van der Waals surface area contributed by atoms with Crippen LogP contribution in [0.2, 0.25) is 0 Å². The Labute approximate surface area is 117 Å². The van der Waals surface area contributed by atoms with Gasteiger partial charge in [-0.3, -0.25) is 0 Å². The van der Waals surface area contributed by atoms with E-state index in [2.05, 4.69) is 5.32 Å². The molecule has 0 aliphatic rings. The van der Waals surface area contributed by atoms with E-state index in [4.69, 9.17) is 0 Å². The first-order valence-corrected chi connectivity index (χ1v) is 7.48. The third-order valence-corrected chi connectivity index (χ3v) is 5.65. The van der Waals surface area contributed by atoms with Crippen molar-refractivity contribution >= 4 is 33.6 Å². The Kier molecular flexibility index (Phi) is 5.34. The molecule has 0 saturated heterocycles. The summed E-state index contributed by atoms with van der Waals surface area (Å²) >= 11 is 1.31. The molecule has 1 N–H and O–H groups in total. The highest BCUT2D eigenvalue weighted by Crippen LogP contribution is 2.27. The molecule has 0 radical (unpaired) electrons.